The highest BCUT2D eigenvalue weighted by molar-refractivity contribution is 5.93. The number of nitrogens with one attached hydrogen (secondary N) is 2. The number of anilines is 2. The fourth-order valence-corrected chi connectivity index (χ4v) is 3.92. The van der Waals surface area contributed by atoms with Crippen molar-refractivity contribution in [2.75, 3.05) is 23.3 Å². The van der Waals surface area contributed by atoms with E-state index in [-0.39, 0.29) is 17.5 Å². The largest absolute Gasteiger partial charge is 0.416 e. The molecule has 33 heavy (non-hydrogen) atoms. The molecule has 0 saturated carbocycles. The molecule has 0 radical (unpaired) electrons. The van der Waals surface area contributed by atoms with Crippen LogP contribution in [0.15, 0.2) is 54.7 Å². The van der Waals surface area contributed by atoms with Crippen LogP contribution in [0.5, 0.6) is 0 Å². The summed E-state index contributed by atoms with van der Waals surface area (Å²) in [7, 11) is 0. The van der Waals surface area contributed by atoms with Gasteiger partial charge in [0.2, 0.25) is 5.91 Å². The van der Waals surface area contributed by atoms with Gasteiger partial charge in [-0.1, -0.05) is 12.1 Å². The van der Waals surface area contributed by atoms with Gasteiger partial charge in [0, 0.05) is 42.5 Å². The summed E-state index contributed by atoms with van der Waals surface area (Å²) in [5, 5.41) is 21.0. The van der Waals surface area contributed by atoms with Crippen LogP contribution in [0, 0.1) is 16.0 Å². The number of benzene rings is 2. The lowest BCUT2D eigenvalue weighted by Crippen LogP contribution is -2.38. The highest BCUT2D eigenvalue weighted by atomic mass is 19.4. The first-order valence-electron chi connectivity index (χ1n) is 10.2. The molecule has 0 atom stereocenters. The Hall–Kier alpha value is -3.89. The normalized spacial score (nSPS) is 14.8. The van der Waals surface area contributed by atoms with E-state index in [0.29, 0.717) is 37.7 Å². The van der Waals surface area contributed by atoms with Crippen LogP contribution in [0.1, 0.15) is 18.4 Å². The standard InChI is InChI=1S/C22H20F3N5O3/c23-22(24,25)16-4-5-19(20(13-16)30(32)33)29-10-7-14(8-11-29)21(31)27-17-3-1-2-15(12-17)18-6-9-26-28-18/h1-6,9,12-14H,7-8,10-11H2,(H,26,28)(H,27,31). The number of rotatable bonds is 5. The summed E-state index contributed by atoms with van der Waals surface area (Å²) >= 11 is 0. The summed E-state index contributed by atoms with van der Waals surface area (Å²) in [4.78, 5) is 25.0. The molecule has 172 valence electrons. The molecule has 1 fully saturated rings. The molecule has 2 N–H and O–H groups in total. The summed E-state index contributed by atoms with van der Waals surface area (Å²) in [6.07, 6.45) is -2.19. The van der Waals surface area contributed by atoms with E-state index < -0.39 is 22.4 Å². The summed E-state index contributed by atoms with van der Waals surface area (Å²) in [5.41, 5.74) is 0.784. The molecule has 1 amide bonds. The van der Waals surface area contributed by atoms with E-state index in [4.69, 9.17) is 0 Å². The number of halogens is 3. The summed E-state index contributed by atoms with van der Waals surface area (Å²) < 4.78 is 38.8. The number of hydrogen-bond donors (Lipinski definition) is 2. The molecule has 1 aliphatic rings. The number of carbonyl (C=O) groups is 1. The number of hydrogen-bond acceptors (Lipinski definition) is 5. The van der Waals surface area contributed by atoms with Gasteiger partial charge in [-0.3, -0.25) is 20.0 Å². The Labute approximate surface area is 186 Å². The van der Waals surface area contributed by atoms with Crippen molar-refractivity contribution in [1.82, 2.24) is 10.2 Å². The monoisotopic (exact) mass is 459 g/mol. The van der Waals surface area contributed by atoms with Crippen LogP contribution in [-0.4, -0.2) is 34.1 Å². The Morgan fingerprint density at radius 1 is 1.15 bits per heavy atom. The van der Waals surface area contributed by atoms with E-state index in [2.05, 4.69) is 15.5 Å². The average molecular weight is 459 g/mol. The third-order valence-corrected chi connectivity index (χ3v) is 5.65. The number of nitro groups is 1. The number of nitrogens with zero attached hydrogens (tertiary/aromatic N) is 3. The van der Waals surface area contributed by atoms with E-state index in [1.54, 1.807) is 17.2 Å². The molecule has 8 nitrogen and oxygen atoms in total. The van der Waals surface area contributed by atoms with Crippen molar-refractivity contribution in [3.05, 3.63) is 70.4 Å². The van der Waals surface area contributed by atoms with E-state index in [1.165, 1.54) is 0 Å². The second-order valence-corrected chi connectivity index (χ2v) is 7.76. The molecule has 11 heteroatoms. The van der Waals surface area contributed by atoms with E-state index in [9.17, 15) is 28.1 Å². The molecule has 1 aromatic heterocycles. The van der Waals surface area contributed by atoms with Crippen LogP contribution in [0.3, 0.4) is 0 Å². The van der Waals surface area contributed by atoms with E-state index in [0.717, 1.165) is 23.4 Å². The van der Waals surface area contributed by atoms with Crippen LogP contribution in [0.2, 0.25) is 0 Å². The lowest BCUT2D eigenvalue weighted by Gasteiger charge is -2.32. The first kappa shape index (κ1) is 22.3. The Balaban J connectivity index is 1.42. The predicted octanol–water partition coefficient (Wildman–Crippen LogP) is 4.86. The van der Waals surface area contributed by atoms with Crippen molar-refractivity contribution in [2.45, 2.75) is 19.0 Å². The third-order valence-electron chi connectivity index (χ3n) is 5.65. The zero-order valence-corrected chi connectivity index (χ0v) is 17.3. The lowest BCUT2D eigenvalue weighted by molar-refractivity contribution is -0.384. The van der Waals surface area contributed by atoms with Gasteiger partial charge < -0.3 is 10.2 Å². The SMILES string of the molecule is O=C(Nc1cccc(-c2ccn[nH]2)c1)C1CCN(c2ccc(C(F)(F)F)cc2[N+](=O)[O-])CC1. The Morgan fingerprint density at radius 3 is 2.55 bits per heavy atom. The summed E-state index contributed by atoms with van der Waals surface area (Å²) in [5.74, 6) is -0.483. The summed E-state index contributed by atoms with van der Waals surface area (Å²) in [6.45, 7) is 0.636. The molecule has 0 spiro atoms. The second kappa shape index (κ2) is 8.93. The van der Waals surface area contributed by atoms with Gasteiger partial charge >= 0.3 is 6.18 Å². The third kappa shape index (κ3) is 4.97. The number of carbonyl (C=O) groups excluding carboxylic acids is 1. The van der Waals surface area contributed by atoms with Crippen molar-refractivity contribution < 1.29 is 22.9 Å². The topological polar surface area (TPSA) is 104 Å². The van der Waals surface area contributed by atoms with Gasteiger partial charge in [0.25, 0.3) is 5.69 Å². The van der Waals surface area contributed by atoms with Crippen LogP contribution < -0.4 is 10.2 Å². The maximum Gasteiger partial charge on any atom is 0.416 e. The number of piperidine rings is 1. The first-order chi connectivity index (χ1) is 15.7. The summed E-state index contributed by atoms with van der Waals surface area (Å²) in [6, 6.07) is 11.6. The van der Waals surface area contributed by atoms with E-state index in [1.807, 2.05) is 24.3 Å². The van der Waals surface area contributed by atoms with Gasteiger partial charge in [-0.05, 0) is 43.2 Å². The fourth-order valence-electron chi connectivity index (χ4n) is 3.92. The molecule has 4 rings (SSSR count). The van der Waals surface area contributed by atoms with Crippen molar-refractivity contribution in [3.63, 3.8) is 0 Å². The highest BCUT2D eigenvalue weighted by Gasteiger charge is 2.35. The fraction of sp³-hybridized carbons (Fsp3) is 0.273. The van der Waals surface area contributed by atoms with Gasteiger partial charge in [-0.2, -0.15) is 18.3 Å². The number of aromatic amines is 1. The molecular weight excluding hydrogens is 439 g/mol. The van der Waals surface area contributed by atoms with Crippen LogP contribution in [-0.2, 0) is 11.0 Å². The molecule has 0 unspecified atom stereocenters. The Kier molecular flexibility index (Phi) is 6.03. The van der Waals surface area contributed by atoms with Crippen molar-refractivity contribution >= 4 is 23.0 Å². The maximum atomic E-state index is 12.9. The Morgan fingerprint density at radius 2 is 1.91 bits per heavy atom. The number of alkyl halides is 3. The van der Waals surface area contributed by atoms with Gasteiger partial charge in [0.05, 0.1) is 16.2 Å². The van der Waals surface area contributed by atoms with E-state index >= 15 is 0 Å². The molecule has 2 aromatic carbocycles. The molecule has 1 aliphatic heterocycles. The highest BCUT2D eigenvalue weighted by Crippen LogP contribution is 2.37. The zero-order chi connectivity index (χ0) is 23.6. The predicted molar refractivity (Wildman–Crippen MR) is 116 cm³/mol. The maximum absolute atomic E-state index is 12.9. The zero-order valence-electron chi connectivity index (χ0n) is 17.3. The van der Waals surface area contributed by atoms with Crippen LogP contribution in [0.4, 0.5) is 30.2 Å². The van der Waals surface area contributed by atoms with Gasteiger partial charge in [0.1, 0.15) is 5.69 Å². The van der Waals surface area contributed by atoms with Crippen molar-refractivity contribution in [1.29, 1.82) is 0 Å². The van der Waals surface area contributed by atoms with Gasteiger partial charge in [-0.25, -0.2) is 0 Å². The van der Waals surface area contributed by atoms with Crippen molar-refractivity contribution in [2.24, 2.45) is 5.92 Å². The smallest absolute Gasteiger partial charge is 0.366 e. The number of aromatic nitrogens is 2. The number of amides is 1. The van der Waals surface area contributed by atoms with Crippen LogP contribution in [0.25, 0.3) is 11.3 Å². The van der Waals surface area contributed by atoms with Crippen molar-refractivity contribution in [3.8, 4) is 11.3 Å². The lowest BCUT2D eigenvalue weighted by atomic mass is 9.95. The van der Waals surface area contributed by atoms with Gasteiger partial charge in [0.15, 0.2) is 0 Å². The quantitative estimate of drug-likeness (QED) is 0.419. The molecule has 2 heterocycles. The molecule has 3 aromatic rings. The molecule has 0 bridgehead atoms. The van der Waals surface area contributed by atoms with Crippen LogP contribution >= 0.6 is 0 Å². The molecule has 0 aliphatic carbocycles. The minimum atomic E-state index is -4.66. The minimum absolute atomic E-state index is 0.124. The average Bonchev–Trinajstić information content (AvgIpc) is 3.33. The second-order valence-electron chi connectivity index (χ2n) is 7.76. The molecule has 1 saturated heterocycles. The van der Waals surface area contributed by atoms with Gasteiger partial charge in [-0.15, -0.1) is 0 Å². The Bertz CT molecular complexity index is 1160. The number of H-pyrrole nitrogens is 1. The first-order valence-corrected chi connectivity index (χ1v) is 10.2. The minimum Gasteiger partial charge on any atom is -0.366 e. The number of nitro benzene ring substituents is 1. The molecular formula is C22H20F3N5O3.